The molecule has 2 aromatic heterocycles. The smallest absolute Gasteiger partial charge is 0.367 e. The largest absolute Gasteiger partial charge is 0.410 e. The summed E-state index contributed by atoms with van der Waals surface area (Å²) < 4.78 is 42.0. The average molecular weight is 427 g/mol. The summed E-state index contributed by atoms with van der Waals surface area (Å²) in [5.74, 6) is 0.262. The van der Waals surface area contributed by atoms with Gasteiger partial charge in [-0.2, -0.15) is 18.3 Å². The van der Waals surface area contributed by atoms with Crippen LogP contribution < -0.4 is 5.32 Å². The molecule has 0 aromatic carbocycles. The fourth-order valence-electron chi connectivity index (χ4n) is 4.28. The van der Waals surface area contributed by atoms with Gasteiger partial charge in [-0.05, 0) is 39.5 Å². The number of amides is 1. The number of aryl methyl sites for hydroxylation is 2. The quantitative estimate of drug-likeness (QED) is 0.776. The first-order valence-corrected chi connectivity index (χ1v) is 10.7. The fraction of sp³-hybridized carbons (Fsp3) is 0.632. The molecule has 0 bridgehead atoms. The number of thiazole rings is 1. The molecule has 29 heavy (non-hydrogen) atoms. The maximum absolute atomic E-state index is 13.6. The number of likely N-dealkylation sites (tertiary alicyclic amines) is 1. The van der Waals surface area contributed by atoms with Crippen molar-refractivity contribution in [2.45, 2.75) is 70.8 Å². The number of fused-ring (bicyclic) bond motifs is 1. The molecular formula is C19H24F3N5OS. The summed E-state index contributed by atoms with van der Waals surface area (Å²) in [5, 5.41) is 8.32. The first-order chi connectivity index (χ1) is 13.7. The Kier molecular flexibility index (Phi) is 5.08. The second kappa shape index (κ2) is 7.30. The van der Waals surface area contributed by atoms with Gasteiger partial charge in [0.1, 0.15) is 10.7 Å². The third kappa shape index (κ3) is 3.62. The van der Waals surface area contributed by atoms with Gasteiger partial charge in [0.15, 0.2) is 6.04 Å². The Hall–Kier alpha value is -2.10. The van der Waals surface area contributed by atoms with Crippen LogP contribution in [0.2, 0.25) is 0 Å². The molecule has 1 amide bonds. The zero-order valence-electron chi connectivity index (χ0n) is 16.6. The number of anilines is 1. The topological polar surface area (TPSA) is 63.1 Å². The lowest BCUT2D eigenvalue weighted by molar-refractivity contribution is -0.173. The van der Waals surface area contributed by atoms with Crippen LogP contribution in [0.15, 0.2) is 6.07 Å². The number of rotatable bonds is 3. The van der Waals surface area contributed by atoms with Gasteiger partial charge in [0.05, 0.1) is 22.4 Å². The third-order valence-electron chi connectivity index (χ3n) is 5.73. The molecule has 1 N–H and O–H groups in total. The molecule has 2 aromatic rings. The van der Waals surface area contributed by atoms with Gasteiger partial charge < -0.3 is 10.2 Å². The van der Waals surface area contributed by atoms with E-state index in [1.807, 2.05) is 13.8 Å². The molecular weight excluding hydrogens is 403 g/mol. The number of hydrogen-bond acceptors (Lipinski definition) is 5. The molecule has 3 atom stereocenters. The normalized spacial score (nSPS) is 24.5. The van der Waals surface area contributed by atoms with Crippen molar-refractivity contribution in [3.05, 3.63) is 27.3 Å². The SMILES string of the molecule is CC[C@@H]1C[C@H](C(F)(F)F)n2nc([C@@H]3CCCN3C(=O)c3sc(C)nc3C)cc2N1. The monoisotopic (exact) mass is 427 g/mol. The highest BCUT2D eigenvalue weighted by Gasteiger charge is 2.46. The maximum Gasteiger partial charge on any atom is 0.410 e. The molecule has 158 valence electrons. The van der Waals surface area contributed by atoms with Gasteiger partial charge in [0, 0.05) is 18.7 Å². The number of hydrogen-bond donors (Lipinski definition) is 1. The lowest BCUT2D eigenvalue weighted by atomic mass is 10.0. The van der Waals surface area contributed by atoms with Crippen molar-refractivity contribution in [2.24, 2.45) is 0 Å². The highest BCUT2D eigenvalue weighted by Crippen LogP contribution is 2.42. The zero-order chi connectivity index (χ0) is 20.9. The molecule has 2 aliphatic rings. The van der Waals surface area contributed by atoms with Crippen LogP contribution in [0.3, 0.4) is 0 Å². The predicted octanol–water partition coefficient (Wildman–Crippen LogP) is 4.63. The summed E-state index contributed by atoms with van der Waals surface area (Å²) in [5.41, 5.74) is 1.21. The van der Waals surface area contributed by atoms with E-state index in [1.165, 1.54) is 11.3 Å². The Morgan fingerprint density at radius 1 is 1.38 bits per heavy atom. The summed E-state index contributed by atoms with van der Waals surface area (Å²) in [4.78, 5) is 19.7. The molecule has 2 aliphatic heterocycles. The van der Waals surface area contributed by atoms with E-state index >= 15 is 0 Å². The van der Waals surface area contributed by atoms with Crippen molar-refractivity contribution < 1.29 is 18.0 Å². The van der Waals surface area contributed by atoms with Gasteiger partial charge in [-0.1, -0.05) is 6.92 Å². The van der Waals surface area contributed by atoms with Crippen molar-refractivity contribution in [3.63, 3.8) is 0 Å². The van der Waals surface area contributed by atoms with Gasteiger partial charge in [0.25, 0.3) is 5.91 Å². The summed E-state index contributed by atoms with van der Waals surface area (Å²) in [6, 6.07) is -0.530. The molecule has 0 spiro atoms. The van der Waals surface area contributed by atoms with E-state index in [0.717, 1.165) is 16.1 Å². The van der Waals surface area contributed by atoms with Gasteiger partial charge in [0.2, 0.25) is 0 Å². The maximum atomic E-state index is 13.6. The van der Waals surface area contributed by atoms with E-state index in [4.69, 9.17) is 0 Å². The predicted molar refractivity (Wildman–Crippen MR) is 104 cm³/mol. The molecule has 4 heterocycles. The zero-order valence-corrected chi connectivity index (χ0v) is 17.4. The number of carbonyl (C=O) groups excluding carboxylic acids is 1. The molecule has 10 heteroatoms. The van der Waals surface area contributed by atoms with E-state index < -0.39 is 12.2 Å². The van der Waals surface area contributed by atoms with Crippen molar-refractivity contribution in [3.8, 4) is 0 Å². The Morgan fingerprint density at radius 3 is 2.76 bits per heavy atom. The van der Waals surface area contributed by atoms with Crippen molar-refractivity contribution in [1.29, 1.82) is 0 Å². The van der Waals surface area contributed by atoms with E-state index in [0.29, 0.717) is 41.5 Å². The van der Waals surface area contributed by atoms with E-state index in [1.54, 1.807) is 17.9 Å². The molecule has 0 saturated carbocycles. The molecule has 1 saturated heterocycles. The van der Waals surface area contributed by atoms with E-state index in [-0.39, 0.29) is 24.4 Å². The highest BCUT2D eigenvalue weighted by atomic mass is 32.1. The van der Waals surface area contributed by atoms with Crippen LogP contribution in [0, 0.1) is 13.8 Å². The second-order valence-electron chi connectivity index (χ2n) is 7.75. The molecule has 0 unspecified atom stereocenters. The summed E-state index contributed by atoms with van der Waals surface area (Å²) in [7, 11) is 0. The van der Waals surface area contributed by atoms with Crippen LogP contribution in [0.25, 0.3) is 0 Å². The van der Waals surface area contributed by atoms with E-state index in [2.05, 4.69) is 15.4 Å². The average Bonchev–Trinajstić information content (AvgIpc) is 3.36. The first-order valence-electron chi connectivity index (χ1n) is 9.86. The van der Waals surface area contributed by atoms with Crippen LogP contribution in [0.1, 0.15) is 70.8 Å². The summed E-state index contributed by atoms with van der Waals surface area (Å²) in [6.07, 6.45) is -2.32. The minimum atomic E-state index is -4.37. The molecule has 0 radical (unpaired) electrons. The fourth-order valence-corrected chi connectivity index (χ4v) is 5.15. The van der Waals surface area contributed by atoms with Gasteiger partial charge in [-0.25, -0.2) is 9.67 Å². The van der Waals surface area contributed by atoms with Crippen LogP contribution in [-0.2, 0) is 0 Å². The van der Waals surface area contributed by atoms with Crippen LogP contribution >= 0.6 is 11.3 Å². The minimum absolute atomic E-state index is 0.0409. The molecule has 6 nitrogen and oxygen atoms in total. The molecule has 1 fully saturated rings. The Morgan fingerprint density at radius 2 is 2.14 bits per heavy atom. The standard InChI is InChI=1S/C19H24F3N5OS/c1-4-12-8-15(19(20,21)22)27-16(24-12)9-13(25-27)14-6-5-7-26(14)18(28)17-10(2)23-11(3)29-17/h9,12,14-15,24H,4-8H2,1-3H3/t12-,14+,15-/m1/s1. The second-order valence-corrected chi connectivity index (χ2v) is 8.95. The van der Waals surface area contributed by atoms with Gasteiger partial charge in [-0.15, -0.1) is 11.3 Å². The summed E-state index contributed by atoms with van der Waals surface area (Å²) >= 11 is 1.35. The van der Waals surface area contributed by atoms with Crippen LogP contribution in [-0.4, -0.2) is 44.3 Å². The Labute approximate surface area is 171 Å². The molecule has 4 rings (SSSR count). The Bertz CT molecular complexity index is 922. The minimum Gasteiger partial charge on any atom is -0.367 e. The van der Waals surface area contributed by atoms with Crippen LogP contribution in [0.5, 0.6) is 0 Å². The lowest BCUT2D eigenvalue weighted by Crippen LogP contribution is -2.39. The number of aromatic nitrogens is 3. The van der Waals surface area contributed by atoms with Crippen molar-refractivity contribution in [1.82, 2.24) is 19.7 Å². The molecule has 0 aliphatic carbocycles. The van der Waals surface area contributed by atoms with Gasteiger partial charge in [-0.3, -0.25) is 4.79 Å². The van der Waals surface area contributed by atoms with Gasteiger partial charge >= 0.3 is 6.18 Å². The summed E-state index contributed by atoms with van der Waals surface area (Å²) in [6.45, 7) is 6.09. The number of nitrogens with zero attached hydrogens (tertiary/aromatic N) is 4. The van der Waals surface area contributed by atoms with Crippen LogP contribution in [0.4, 0.5) is 19.0 Å². The van der Waals surface area contributed by atoms with E-state index in [9.17, 15) is 18.0 Å². The number of nitrogens with one attached hydrogen (secondary N) is 1. The number of alkyl halides is 3. The third-order valence-corrected chi connectivity index (χ3v) is 6.79. The van der Waals surface area contributed by atoms with Crippen molar-refractivity contribution in [2.75, 3.05) is 11.9 Å². The number of carbonyl (C=O) groups is 1. The Balaban J connectivity index is 1.66. The lowest BCUT2D eigenvalue weighted by Gasteiger charge is -2.32. The first kappa shape index (κ1) is 20.2. The highest BCUT2D eigenvalue weighted by molar-refractivity contribution is 7.13. The number of halogens is 3. The van der Waals surface area contributed by atoms with Crippen molar-refractivity contribution >= 4 is 23.1 Å².